The van der Waals surface area contributed by atoms with Gasteiger partial charge in [-0.3, -0.25) is 0 Å². The molecule has 19 heavy (non-hydrogen) atoms. The smallest absolute Gasteiger partial charge is 0.322 e. The number of ether oxygens (including phenoxy) is 1. The maximum Gasteiger partial charge on any atom is 0.322 e. The van der Waals surface area contributed by atoms with Gasteiger partial charge in [0.25, 0.3) is 0 Å². The van der Waals surface area contributed by atoms with Crippen LogP contribution in [-0.4, -0.2) is 43.7 Å². The van der Waals surface area contributed by atoms with E-state index in [2.05, 4.69) is 10.6 Å². The van der Waals surface area contributed by atoms with Crippen molar-refractivity contribution in [1.29, 1.82) is 0 Å². The summed E-state index contributed by atoms with van der Waals surface area (Å²) in [5, 5.41) is 6.37. The fraction of sp³-hybridized carbons (Fsp3) is 0.500. The van der Waals surface area contributed by atoms with Crippen LogP contribution in [0.25, 0.3) is 0 Å². The molecular formula is C14H19N3O2. The highest BCUT2D eigenvalue weighted by atomic mass is 16.5. The zero-order valence-corrected chi connectivity index (χ0v) is 11.1. The van der Waals surface area contributed by atoms with Gasteiger partial charge in [-0.25, -0.2) is 4.79 Å². The predicted molar refractivity (Wildman–Crippen MR) is 73.5 cm³/mol. The first-order valence-electron chi connectivity index (χ1n) is 6.70. The van der Waals surface area contributed by atoms with Gasteiger partial charge in [0.15, 0.2) is 0 Å². The van der Waals surface area contributed by atoms with Crippen LogP contribution in [-0.2, 0) is 0 Å². The average molecular weight is 261 g/mol. The van der Waals surface area contributed by atoms with Crippen LogP contribution in [0.2, 0.25) is 0 Å². The summed E-state index contributed by atoms with van der Waals surface area (Å²) in [6, 6.07) is 7.91. The van der Waals surface area contributed by atoms with Crippen molar-refractivity contribution in [3.8, 4) is 5.75 Å². The van der Waals surface area contributed by atoms with E-state index >= 15 is 0 Å². The minimum atomic E-state index is -0.0410. The lowest BCUT2D eigenvalue weighted by atomic mass is 10.1. The van der Waals surface area contributed by atoms with E-state index in [1.807, 2.05) is 29.2 Å². The molecule has 2 atom stereocenters. The van der Waals surface area contributed by atoms with Crippen LogP contribution < -0.4 is 15.4 Å². The van der Waals surface area contributed by atoms with Gasteiger partial charge >= 0.3 is 6.03 Å². The van der Waals surface area contributed by atoms with Crippen molar-refractivity contribution in [2.45, 2.75) is 12.5 Å². The number of carbonyl (C=O) groups excluding carboxylic acids is 1. The zero-order chi connectivity index (χ0) is 13.2. The molecule has 0 radical (unpaired) electrons. The molecule has 5 heteroatoms. The first-order chi connectivity index (χ1) is 9.28. The maximum atomic E-state index is 12.2. The number of hydrogen-bond donors (Lipinski definition) is 2. The molecule has 5 nitrogen and oxygen atoms in total. The molecule has 2 fully saturated rings. The first-order valence-corrected chi connectivity index (χ1v) is 6.70. The van der Waals surface area contributed by atoms with E-state index in [1.165, 1.54) is 6.42 Å². The molecule has 0 unspecified atom stereocenters. The molecule has 0 aromatic heterocycles. The fourth-order valence-corrected chi connectivity index (χ4v) is 2.96. The third kappa shape index (κ3) is 2.38. The summed E-state index contributed by atoms with van der Waals surface area (Å²) < 4.78 is 5.24. The maximum absolute atomic E-state index is 12.2. The summed E-state index contributed by atoms with van der Waals surface area (Å²) in [5.41, 5.74) is 0.722. The molecule has 2 N–H and O–H groups in total. The first kappa shape index (κ1) is 12.3. The predicted octanol–water partition coefficient (Wildman–Crippen LogP) is 1.52. The van der Waals surface area contributed by atoms with Gasteiger partial charge in [-0.1, -0.05) is 12.1 Å². The monoisotopic (exact) mass is 261 g/mol. The van der Waals surface area contributed by atoms with Gasteiger partial charge in [0.05, 0.1) is 12.8 Å². The zero-order valence-electron chi connectivity index (χ0n) is 11.1. The number of carbonyl (C=O) groups is 1. The summed E-state index contributed by atoms with van der Waals surface area (Å²) in [6.45, 7) is 2.72. The number of urea groups is 1. The Balaban J connectivity index is 1.65. The van der Waals surface area contributed by atoms with Gasteiger partial charge in [-0.15, -0.1) is 0 Å². The molecule has 0 saturated carbocycles. The van der Waals surface area contributed by atoms with Gasteiger partial charge < -0.3 is 20.3 Å². The Morgan fingerprint density at radius 3 is 3.05 bits per heavy atom. The summed E-state index contributed by atoms with van der Waals surface area (Å²) in [6.07, 6.45) is 1.17. The van der Waals surface area contributed by atoms with Crippen molar-refractivity contribution in [2.75, 3.05) is 32.1 Å². The van der Waals surface area contributed by atoms with E-state index < -0.39 is 0 Å². The lowest BCUT2D eigenvalue weighted by Gasteiger charge is -2.19. The molecule has 0 bridgehead atoms. The van der Waals surface area contributed by atoms with Gasteiger partial charge in [0.2, 0.25) is 0 Å². The molecule has 102 valence electrons. The Kier molecular flexibility index (Phi) is 3.29. The molecule has 1 aromatic rings. The summed E-state index contributed by atoms with van der Waals surface area (Å²) in [5.74, 6) is 1.30. The highest BCUT2D eigenvalue weighted by Gasteiger charge is 2.37. The van der Waals surface area contributed by atoms with E-state index in [-0.39, 0.29) is 6.03 Å². The average Bonchev–Trinajstić information content (AvgIpc) is 3.00. The molecule has 2 heterocycles. The summed E-state index contributed by atoms with van der Waals surface area (Å²) in [7, 11) is 1.61. The highest BCUT2D eigenvalue weighted by Crippen LogP contribution is 2.27. The second-order valence-corrected chi connectivity index (χ2v) is 5.14. The normalized spacial score (nSPS) is 25.2. The van der Waals surface area contributed by atoms with Crippen LogP contribution in [0, 0.1) is 5.92 Å². The number of likely N-dealkylation sites (tertiary alicyclic amines) is 1. The molecule has 0 aliphatic carbocycles. The Morgan fingerprint density at radius 1 is 1.42 bits per heavy atom. The summed E-state index contributed by atoms with van der Waals surface area (Å²) >= 11 is 0. The molecule has 2 saturated heterocycles. The van der Waals surface area contributed by atoms with Crippen LogP contribution in [0.4, 0.5) is 10.5 Å². The molecule has 0 spiro atoms. The molecule has 2 aliphatic rings. The van der Waals surface area contributed by atoms with E-state index in [1.54, 1.807) is 7.11 Å². The van der Waals surface area contributed by atoms with Gasteiger partial charge in [0.1, 0.15) is 5.75 Å². The van der Waals surface area contributed by atoms with Crippen molar-refractivity contribution in [1.82, 2.24) is 10.2 Å². The Bertz CT molecular complexity index is 466. The number of amides is 2. The number of rotatable bonds is 2. The Labute approximate surface area is 112 Å². The van der Waals surface area contributed by atoms with Crippen LogP contribution in [0.5, 0.6) is 5.75 Å². The number of fused-ring (bicyclic) bond motifs is 1. The van der Waals surface area contributed by atoms with Gasteiger partial charge in [0, 0.05) is 19.1 Å². The van der Waals surface area contributed by atoms with Gasteiger partial charge in [-0.05, 0) is 31.0 Å². The molecule has 3 rings (SSSR count). The standard InChI is InChI=1S/C14H19N3O2/c1-19-13-5-3-2-4-11(13)16-14(18)17-8-10-6-7-15-12(10)9-17/h2-5,10,12,15H,6-9H2,1H3,(H,16,18)/t10-,12+/m0/s1. The van der Waals surface area contributed by atoms with E-state index in [9.17, 15) is 4.79 Å². The second-order valence-electron chi connectivity index (χ2n) is 5.14. The Morgan fingerprint density at radius 2 is 2.26 bits per heavy atom. The van der Waals surface area contributed by atoms with Crippen LogP contribution in [0.3, 0.4) is 0 Å². The third-order valence-electron chi connectivity index (χ3n) is 4.00. The van der Waals surface area contributed by atoms with Crippen molar-refractivity contribution in [3.05, 3.63) is 24.3 Å². The molecule has 2 amide bonds. The number of anilines is 1. The highest BCUT2D eigenvalue weighted by molar-refractivity contribution is 5.91. The lowest BCUT2D eigenvalue weighted by molar-refractivity contribution is 0.219. The second kappa shape index (κ2) is 5.09. The number of hydrogen-bond acceptors (Lipinski definition) is 3. The fourth-order valence-electron chi connectivity index (χ4n) is 2.96. The van der Waals surface area contributed by atoms with Crippen molar-refractivity contribution in [3.63, 3.8) is 0 Å². The van der Waals surface area contributed by atoms with E-state index in [4.69, 9.17) is 4.74 Å². The van der Waals surface area contributed by atoms with E-state index in [0.29, 0.717) is 17.7 Å². The van der Waals surface area contributed by atoms with E-state index in [0.717, 1.165) is 25.3 Å². The molecule has 1 aromatic carbocycles. The third-order valence-corrected chi connectivity index (χ3v) is 4.00. The number of methoxy groups -OCH3 is 1. The lowest BCUT2D eigenvalue weighted by Crippen LogP contribution is -2.36. The molecule has 2 aliphatic heterocycles. The van der Waals surface area contributed by atoms with Crippen LogP contribution >= 0.6 is 0 Å². The number of benzene rings is 1. The Hall–Kier alpha value is -1.75. The minimum absolute atomic E-state index is 0.0410. The SMILES string of the molecule is COc1ccccc1NC(=O)N1C[C@@H]2CCN[C@@H]2C1. The van der Waals surface area contributed by atoms with Gasteiger partial charge in [-0.2, -0.15) is 0 Å². The van der Waals surface area contributed by atoms with Crippen molar-refractivity contribution in [2.24, 2.45) is 5.92 Å². The number of nitrogens with zero attached hydrogens (tertiary/aromatic N) is 1. The van der Waals surface area contributed by atoms with Crippen LogP contribution in [0.15, 0.2) is 24.3 Å². The quantitative estimate of drug-likeness (QED) is 0.848. The number of para-hydroxylation sites is 2. The van der Waals surface area contributed by atoms with Crippen molar-refractivity contribution >= 4 is 11.7 Å². The number of nitrogens with one attached hydrogen (secondary N) is 2. The molecular weight excluding hydrogens is 242 g/mol. The topological polar surface area (TPSA) is 53.6 Å². The largest absolute Gasteiger partial charge is 0.495 e. The summed E-state index contributed by atoms with van der Waals surface area (Å²) in [4.78, 5) is 14.1. The minimum Gasteiger partial charge on any atom is -0.495 e. The van der Waals surface area contributed by atoms with Crippen molar-refractivity contribution < 1.29 is 9.53 Å². The van der Waals surface area contributed by atoms with Crippen LogP contribution in [0.1, 0.15) is 6.42 Å².